The van der Waals surface area contributed by atoms with Crippen LogP contribution in [-0.4, -0.2) is 37.9 Å². The zero-order valence-electron chi connectivity index (χ0n) is 16.2. The molecule has 28 heavy (non-hydrogen) atoms. The second-order valence-corrected chi connectivity index (χ2v) is 6.81. The van der Waals surface area contributed by atoms with E-state index in [2.05, 4.69) is 4.98 Å². The summed E-state index contributed by atoms with van der Waals surface area (Å²) < 4.78 is 21.9. The van der Waals surface area contributed by atoms with E-state index in [-0.39, 0.29) is 5.92 Å². The Labute approximate surface area is 163 Å². The Hall–Kier alpha value is -3.22. The average molecular weight is 381 g/mol. The molecule has 3 aromatic rings. The number of anilines is 1. The van der Waals surface area contributed by atoms with Gasteiger partial charge in [0.15, 0.2) is 11.5 Å². The molecule has 0 fully saturated rings. The van der Waals surface area contributed by atoms with Crippen LogP contribution in [0.2, 0.25) is 0 Å². The van der Waals surface area contributed by atoms with Crippen molar-refractivity contribution in [3.05, 3.63) is 41.7 Å². The van der Waals surface area contributed by atoms with Crippen LogP contribution in [0.5, 0.6) is 23.0 Å². The van der Waals surface area contributed by atoms with E-state index in [4.69, 9.17) is 29.7 Å². The zero-order chi connectivity index (χ0) is 19.7. The summed E-state index contributed by atoms with van der Waals surface area (Å²) in [4.78, 5) is 9.20. The van der Waals surface area contributed by atoms with Gasteiger partial charge in [-0.15, -0.1) is 0 Å². The van der Waals surface area contributed by atoms with E-state index in [9.17, 15) is 0 Å². The number of nitrogens with two attached hydrogens (primary N) is 1. The van der Waals surface area contributed by atoms with Gasteiger partial charge in [0.05, 0.1) is 33.5 Å². The summed E-state index contributed by atoms with van der Waals surface area (Å²) >= 11 is 0. The predicted octanol–water partition coefficient (Wildman–Crippen LogP) is 3.03. The first kappa shape index (κ1) is 18.2. The lowest BCUT2D eigenvalue weighted by Gasteiger charge is -2.25. The highest BCUT2D eigenvalue weighted by Gasteiger charge is 2.22. The standard InChI is InChI=1S/C21H23N3O4/c1-25-14-5-4-13-6-12(11-28-17(13)8-14)7-20-23-16-10-19(27-3)18(26-2)9-15(16)21(22)24-20/h4-5,8-10,12H,6-7,11H2,1-3H3,(H2,22,23,24)/t12-/m1/s1. The second kappa shape index (κ2) is 7.42. The molecule has 146 valence electrons. The first-order chi connectivity index (χ1) is 13.6. The minimum Gasteiger partial charge on any atom is -0.497 e. The monoisotopic (exact) mass is 381 g/mol. The third-order valence-corrected chi connectivity index (χ3v) is 5.01. The van der Waals surface area contributed by atoms with E-state index in [0.29, 0.717) is 36.2 Å². The number of hydrogen-bond acceptors (Lipinski definition) is 7. The predicted molar refractivity (Wildman–Crippen MR) is 106 cm³/mol. The van der Waals surface area contributed by atoms with Gasteiger partial charge in [0.1, 0.15) is 23.1 Å². The summed E-state index contributed by atoms with van der Waals surface area (Å²) in [5, 5.41) is 0.749. The first-order valence-corrected chi connectivity index (χ1v) is 9.09. The lowest BCUT2D eigenvalue weighted by molar-refractivity contribution is 0.218. The zero-order valence-corrected chi connectivity index (χ0v) is 16.2. The maximum atomic E-state index is 6.19. The van der Waals surface area contributed by atoms with Gasteiger partial charge in [0.2, 0.25) is 0 Å². The van der Waals surface area contributed by atoms with Crippen molar-refractivity contribution >= 4 is 16.7 Å². The Balaban J connectivity index is 1.59. The molecule has 2 aromatic carbocycles. The number of benzene rings is 2. The van der Waals surface area contributed by atoms with Crippen molar-refractivity contribution in [3.8, 4) is 23.0 Å². The fraction of sp³-hybridized carbons (Fsp3) is 0.333. The molecular formula is C21H23N3O4. The number of ether oxygens (including phenoxy) is 4. The SMILES string of the molecule is COc1ccc2c(c1)OC[C@@H](Cc1nc(N)c3cc(OC)c(OC)cc3n1)C2. The topological polar surface area (TPSA) is 88.7 Å². The van der Waals surface area contributed by atoms with E-state index in [1.54, 1.807) is 27.4 Å². The second-order valence-electron chi connectivity index (χ2n) is 6.81. The molecule has 0 aliphatic carbocycles. The first-order valence-electron chi connectivity index (χ1n) is 9.09. The van der Waals surface area contributed by atoms with Gasteiger partial charge in [-0.3, -0.25) is 0 Å². The van der Waals surface area contributed by atoms with E-state index in [1.165, 1.54) is 0 Å². The number of rotatable bonds is 5. The molecule has 7 nitrogen and oxygen atoms in total. The van der Waals surface area contributed by atoms with Crippen LogP contribution in [0.1, 0.15) is 11.4 Å². The minimum absolute atomic E-state index is 0.276. The summed E-state index contributed by atoms with van der Waals surface area (Å²) in [6, 6.07) is 9.56. The van der Waals surface area contributed by atoms with Gasteiger partial charge in [-0.25, -0.2) is 9.97 Å². The molecule has 0 unspecified atom stereocenters. The quantitative estimate of drug-likeness (QED) is 0.727. The third-order valence-electron chi connectivity index (χ3n) is 5.01. The molecule has 0 radical (unpaired) electrons. The molecule has 0 spiro atoms. The maximum absolute atomic E-state index is 6.19. The molecule has 1 atom stereocenters. The Morgan fingerprint density at radius 1 is 1.04 bits per heavy atom. The molecule has 0 amide bonds. The molecule has 1 aromatic heterocycles. The summed E-state index contributed by atoms with van der Waals surface area (Å²) in [6.07, 6.45) is 1.58. The molecular weight excluding hydrogens is 358 g/mol. The van der Waals surface area contributed by atoms with Crippen molar-refractivity contribution in [2.75, 3.05) is 33.7 Å². The van der Waals surface area contributed by atoms with Crippen LogP contribution >= 0.6 is 0 Å². The fourth-order valence-corrected chi connectivity index (χ4v) is 3.55. The van der Waals surface area contributed by atoms with Crippen LogP contribution in [0.25, 0.3) is 10.9 Å². The average Bonchev–Trinajstić information content (AvgIpc) is 2.72. The van der Waals surface area contributed by atoms with Crippen LogP contribution in [-0.2, 0) is 12.8 Å². The number of fused-ring (bicyclic) bond motifs is 2. The Morgan fingerprint density at radius 3 is 2.57 bits per heavy atom. The van der Waals surface area contributed by atoms with Crippen molar-refractivity contribution in [1.29, 1.82) is 0 Å². The number of nitrogen functional groups attached to an aromatic ring is 1. The van der Waals surface area contributed by atoms with Gasteiger partial charge in [0.25, 0.3) is 0 Å². The highest BCUT2D eigenvalue weighted by molar-refractivity contribution is 5.90. The smallest absolute Gasteiger partial charge is 0.162 e. The summed E-state index contributed by atoms with van der Waals surface area (Å²) in [7, 11) is 4.84. The molecule has 0 saturated heterocycles. The largest absolute Gasteiger partial charge is 0.497 e. The molecule has 7 heteroatoms. The summed E-state index contributed by atoms with van der Waals surface area (Å²) in [5.41, 5.74) is 8.10. The number of aromatic nitrogens is 2. The van der Waals surface area contributed by atoms with Gasteiger partial charge in [-0.05, 0) is 24.1 Å². The van der Waals surface area contributed by atoms with Gasteiger partial charge >= 0.3 is 0 Å². The Bertz CT molecular complexity index is 1020. The lowest BCUT2D eigenvalue weighted by atomic mass is 9.93. The molecule has 1 aliphatic heterocycles. The van der Waals surface area contributed by atoms with Crippen molar-refractivity contribution in [3.63, 3.8) is 0 Å². The fourth-order valence-electron chi connectivity index (χ4n) is 3.55. The van der Waals surface area contributed by atoms with Crippen LogP contribution in [0.4, 0.5) is 5.82 Å². The molecule has 1 aliphatic rings. The molecule has 2 N–H and O–H groups in total. The van der Waals surface area contributed by atoms with E-state index < -0.39 is 0 Å². The van der Waals surface area contributed by atoms with Crippen LogP contribution < -0.4 is 24.7 Å². The van der Waals surface area contributed by atoms with Crippen molar-refractivity contribution in [1.82, 2.24) is 9.97 Å². The number of nitrogens with zero attached hydrogens (tertiary/aromatic N) is 2. The molecule has 0 bridgehead atoms. The molecule has 0 saturated carbocycles. The lowest BCUT2D eigenvalue weighted by Crippen LogP contribution is -2.23. The highest BCUT2D eigenvalue weighted by atomic mass is 16.5. The van der Waals surface area contributed by atoms with Crippen molar-refractivity contribution in [2.24, 2.45) is 5.92 Å². The van der Waals surface area contributed by atoms with E-state index in [0.717, 1.165) is 34.4 Å². The maximum Gasteiger partial charge on any atom is 0.162 e. The Kier molecular flexibility index (Phi) is 4.81. The van der Waals surface area contributed by atoms with Crippen LogP contribution in [0.3, 0.4) is 0 Å². The summed E-state index contributed by atoms with van der Waals surface area (Å²) in [6.45, 7) is 0.605. The normalized spacial score (nSPS) is 15.6. The Morgan fingerprint density at radius 2 is 1.82 bits per heavy atom. The third kappa shape index (κ3) is 3.35. The van der Waals surface area contributed by atoms with Gasteiger partial charge in [0, 0.05) is 29.9 Å². The van der Waals surface area contributed by atoms with E-state index >= 15 is 0 Å². The molecule has 2 heterocycles. The minimum atomic E-state index is 0.276. The number of hydrogen-bond donors (Lipinski definition) is 1. The van der Waals surface area contributed by atoms with Gasteiger partial charge in [-0.1, -0.05) is 6.07 Å². The van der Waals surface area contributed by atoms with Crippen molar-refractivity contribution < 1.29 is 18.9 Å². The van der Waals surface area contributed by atoms with Gasteiger partial charge in [-0.2, -0.15) is 0 Å². The highest BCUT2D eigenvalue weighted by Crippen LogP contribution is 2.34. The summed E-state index contributed by atoms with van der Waals surface area (Å²) in [5.74, 6) is 4.30. The van der Waals surface area contributed by atoms with Crippen LogP contribution in [0, 0.1) is 5.92 Å². The van der Waals surface area contributed by atoms with E-state index in [1.807, 2.05) is 24.3 Å². The van der Waals surface area contributed by atoms with Gasteiger partial charge < -0.3 is 24.7 Å². The van der Waals surface area contributed by atoms with Crippen LogP contribution in [0.15, 0.2) is 30.3 Å². The van der Waals surface area contributed by atoms with Crippen molar-refractivity contribution in [2.45, 2.75) is 12.8 Å². The molecule has 4 rings (SSSR count). The number of methoxy groups -OCH3 is 3.